The molecule has 2 aromatic rings. The Morgan fingerprint density at radius 1 is 1.18 bits per heavy atom. The summed E-state index contributed by atoms with van der Waals surface area (Å²) in [6.07, 6.45) is 6.37. The summed E-state index contributed by atoms with van der Waals surface area (Å²) in [4.78, 5) is 4.44. The summed E-state index contributed by atoms with van der Waals surface area (Å²) in [5.74, 6) is 0. The van der Waals surface area contributed by atoms with Gasteiger partial charge in [0.15, 0.2) is 0 Å². The smallest absolute Gasteiger partial charge is 0.0494 e. The lowest BCUT2D eigenvalue weighted by atomic mass is 10.0. The molecule has 2 heteroatoms. The maximum absolute atomic E-state index is 5.63. The third-order valence-electron chi connectivity index (χ3n) is 3.11. The standard InChI is InChI=1S/C15H20N2/c1-2-3-4-12-5-6-13-8-10-17-15(7-9-16)14(13)11-12/h5-6,8,10-11H,2-4,7,9,16H2,1H3. The third kappa shape index (κ3) is 2.83. The molecule has 0 spiro atoms. The number of nitrogens with two attached hydrogens (primary N) is 1. The number of nitrogens with zero attached hydrogens (tertiary/aromatic N) is 1. The van der Waals surface area contributed by atoms with Crippen LogP contribution in [0.4, 0.5) is 0 Å². The molecule has 0 radical (unpaired) electrons. The van der Waals surface area contributed by atoms with Crippen molar-refractivity contribution in [2.45, 2.75) is 32.6 Å². The molecule has 1 heterocycles. The summed E-state index contributed by atoms with van der Waals surface area (Å²) in [7, 11) is 0. The number of aromatic nitrogens is 1. The highest BCUT2D eigenvalue weighted by Crippen LogP contribution is 2.20. The van der Waals surface area contributed by atoms with Crippen molar-refractivity contribution >= 4 is 10.8 Å². The van der Waals surface area contributed by atoms with Gasteiger partial charge in [0, 0.05) is 23.7 Å². The zero-order valence-corrected chi connectivity index (χ0v) is 10.4. The van der Waals surface area contributed by atoms with E-state index in [9.17, 15) is 0 Å². The van der Waals surface area contributed by atoms with Gasteiger partial charge in [0.2, 0.25) is 0 Å². The third-order valence-corrected chi connectivity index (χ3v) is 3.11. The molecule has 17 heavy (non-hydrogen) atoms. The Balaban J connectivity index is 2.38. The second-order valence-corrected chi connectivity index (χ2v) is 4.46. The van der Waals surface area contributed by atoms with Crippen LogP contribution in [-0.4, -0.2) is 11.5 Å². The van der Waals surface area contributed by atoms with Gasteiger partial charge in [-0.05, 0) is 42.5 Å². The number of hydrogen-bond acceptors (Lipinski definition) is 2. The van der Waals surface area contributed by atoms with Crippen molar-refractivity contribution in [3.05, 3.63) is 41.7 Å². The Morgan fingerprint density at radius 2 is 2.06 bits per heavy atom. The van der Waals surface area contributed by atoms with Gasteiger partial charge in [0.1, 0.15) is 0 Å². The summed E-state index contributed by atoms with van der Waals surface area (Å²) >= 11 is 0. The topological polar surface area (TPSA) is 38.9 Å². The highest BCUT2D eigenvalue weighted by atomic mass is 14.7. The Bertz CT molecular complexity index is 491. The van der Waals surface area contributed by atoms with Gasteiger partial charge >= 0.3 is 0 Å². The fraction of sp³-hybridized carbons (Fsp3) is 0.400. The molecule has 0 bridgehead atoms. The van der Waals surface area contributed by atoms with Gasteiger partial charge in [0.05, 0.1) is 0 Å². The van der Waals surface area contributed by atoms with Gasteiger partial charge in [-0.3, -0.25) is 4.98 Å². The molecule has 2 nitrogen and oxygen atoms in total. The van der Waals surface area contributed by atoms with Crippen molar-refractivity contribution in [1.82, 2.24) is 4.98 Å². The first-order valence-corrected chi connectivity index (χ1v) is 6.41. The van der Waals surface area contributed by atoms with Gasteiger partial charge in [-0.25, -0.2) is 0 Å². The van der Waals surface area contributed by atoms with E-state index in [0.29, 0.717) is 6.54 Å². The maximum atomic E-state index is 5.63. The number of aryl methyl sites for hydroxylation is 1. The zero-order valence-electron chi connectivity index (χ0n) is 10.4. The van der Waals surface area contributed by atoms with Crippen LogP contribution in [-0.2, 0) is 12.8 Å². The summed E-state index contributed by atoms with van der Waals surface area (Å²) in [5, 5.41) is 2.54. The number of fused-ring (bicyclic) bond motifs is 1. The average molecular weight is 228 g/mol. The Kier molecular flexibility index (Phi) is 4.10. The van der Waals surface area contributed by atoms with Crippen LogP contribution in [0.15, 0.2) is 30.5 Å². The van der Waals surface area contributed by atoms with E-state index in [1.165, 1.54) is 29.2 Å². The summed E-state index contributed by atoms with van der Waals surface area (Å²) in [6, 6.07) is 8.77. The van der Waals surface area contributed by atoms with Gasteiger partial charge in [-0.1, -0.05) is 25.5 Å². The predicted molar refractivity (Wildman–Crippen MR) is 73.1 cm³/mol. The average Bonchev–Trinajstić information content (AvgIpc) is 2.37. The SMILES string of the molecule is CCCCc1ccc2ccnc(CCN)c2c1. The van der Waals surface area contributed by atoms with Crippen molar-refractivity contribution in [3.63, 3.8) is 0 Å². The van der Waals surface area contributed by atoms with E-state index in [4.69, 9.17) is 5.73 Å². The molecule has 0 fully saturated rings. The minimum absolute atomic E-state index is 0.658. The number of benzene rings is 1. The molecule has 0 aliphatic heterocycles. The highest BCUT2D eigenvalue weighted by molar-refractivity contribution is 5.85. The van der Waals surface area contributed by atoms with E-state index in [1.807, 2.05) is 6.20 Å². The normalized spacial score (nSPS) is 10.9. The van der Waals surface area contributed by atoms with Gasteiger partial charge in [-0.15, -0.1) is 0 Å². The first-order valence-electron chi connectivity index (χ1n) is 6.41. The number of hydrogen-bond donors (Lipinski definition) is 1. The molecule has 1 aromatic carbocycles. The summed E-state index contributed by atoms with van der Waals surface area (Å²) in [6.45, 7) is 2.88. The van der Waals surface area contributed by atoms with Gasteiger partial charge in [-0.2, -0.15) is 0 Å². The van der Waals surface area contributed by atoms with E-state index >= 15 is 0 Å². The molecule has 0 saturated carbocycles. The fourth-order valence-electron chi connectivity index (χ4n) is 2.15. The lowest BCUT2D eigenvalue weighted by molar-refractivity contribution is 0.795. The van der Waals surface area contributed by atoms with E-state index in [0.717, 1.165) is 18.5 Å². The maximum Gasteiger partial charge on any atom is 0.0494 e. The summed E-state index contributed by atoms with van der Waals surface area (Å²) < 4.78 is 0. The Labute approximate surface area is 103 Å². The fourth-order valence-corrected chi connectivity index (χ4v) is 2.15. The van der Waals surface area contributed by atoms with E-state index in [1.54, 1.807) is 0 Å². The summed E-state index contributed by atoms with van der Waals surface area (Å²) in [5.41, 5.74) is 8.17. The molecule has 0 unspecified atom stereocenters. The van der Waals surface area contributed by atoms with E-state index < -0.39 is 0 Å². The molecule has 90 valence electrons. The van der Waals surface area contributed by atoms with Crippen molar-refractivity contribution in [2.24, 2.45) is 5.73 Å². The van der Waals surface area contributed by atoms with Gasteiger partial charge in [0.25, 0.3) is 0 Å². The lowest BCUT2D eigenvalue weighted by Gasteiger charge is -2.07. The second-order valence-electron chi connectivity index (χ2n) is 4.46. The van der Waals surface area contributed by atoms with Crippen LogP contribution in [0.3, 0.4) is 0 Å². The largest absolute Gasteiger partial charge is 0.330 e. The molecule has 0 amide bonds. The van der Waals surface area contributed by atoms with Crippen molar-refractivity contribution in [2.75, 3.05) is 6.54 Å². The second kappa shape index (κ2) is 5.78. The monoisotopic (exact) mass is 228 g/mol. The van der Waals surface area contributed by atoms with Gasteiger partial charge < -0.3 is 5.73 Å². The lowest BCUT2D eigenvalue weighted by Crippen LogP contribution is -2.04. The molecular formula is C15H20N2. The first-order chi connectivity index (χ1) is 8.35. The van der Waals surface area contributed by atoms with Crippen molar-refractivity contribution in [1.29, 1.82) is 0 Å². The molecule has 0 saturated heterocycles. The van der Waals surface area contributed by atoms with E-state index in [2.05, 4.69) is 36.2 Å². The molecule has 0 atom stereocenters. The minimum Gasteiger partial charge on any atom is -0.330 e. The molecular weight excluding hydrogens is 208 g/mol. The quantitative estimate of drug-likeness (QED) is 0.854. The number of unbranched alkanes of at least 4 members (excludes halogenated alkanes) is 1. The molecule has 0 aliphatic carbocycles. The van der Waals surface area contributed by atoms with Crippen LogP contribution >= 0.6 is 0 Å². The molecule has 2 N–H and O–H groups in total. The van der Waals surface area contributed by atoms with Crippen LogP contribution in [0.5, 0.6) is 0 Å². The predicted octanol–water partition coefficient (Wildman–Crippen LogP) is 3.08. The molecule has 0 aliphatic rings. The van der Waals surface area contributed by atoms with Crippen LogP contribution in [0, 0.1) is 0 Å². The van der Waals surface area contributed by atoms with Crippen LogP contribution in [0.1, 0.15) is 31.0 Å². The zero-order chi connectivity index (χ0) is 12.1. The number of pyridine rings is 1. The van der Waals surface area contributed by atoms with Crippen LogP contribution < -0.4 is 5.73 Å². The van der Waals surface area contributed by atoms with Crippen molar-refractivity contribution < 1.29 is 0 Å². The molecule has 2 rings (SSSR count). The Morgan fingerprint density at radius 3 is 2.82 bits per heavy atom. The Hall–Kier alpha value is -1.41. The first kappa shape index (κ1) is 12.1. The molecule has 1 aromatic heterocycles. The minimum atomic E-state index is 0.658. The number of rotatable bonds is 5. The van der Waals surface area contributed by atoms with E-state index in [-0.39, 0.29) is 0 Å². The van der Waals surface area contributed by atoms with Crippen LogP contribution in [0.25, 0.3) is 10.8 Å². The van der Waals surface area contributed by atoms with Crippen LogP contribution in [0.2, 0.25) is 0 Å². The van der Waals surface area contributed by atoms with Crippen molar-refractivity contribution in [3.8, 4) is 0 Å². The highest BCUT2D eigenvalue weighted by Gasteiger charge is 2.03.